The maximum absolute atomic E-state index is 12.3. The maximum Gasteiger partial charge on any atom is 0.275 e. The summed E-state index contributed by atoms with van der Waals surface area (Å²) in [5.41, 5.74) is 2.23. The Bertz CT molecular complexity index is 883. The predicted molar refractivity (Wildman–Crippen MR) is 93.7 cm³/mol. The van der Waals surface area contributed by atoms with Gasteiger partial charge in [0.2, 0.25) is 0 Å². The Morgan fingerprint density at radius 3 is 2.54 bits per heavy atom. The number of hydrogen-bond acceptors (Lipinski definition) is 3. The number of halogens is 2. The Labute approximate surface area is 149 Å². The summed E-state index contributed by atoms with van der Waals surface area (Å²) in [6.07, 6.45) is 1.67. The minimum Gasteiger partial charge on any atom is -0.302 e. The Balaban J connectivity index is 1.75. The minimum absolute atomic E-state index is 0.309. The number of aromatic nitrogens is 4. The molecule has 124 valence electrons. The van der Waals surface area contributed by atoms with Crippen LogP contribution in [-0.2, 0) is 13.6 Å². The topological polar surface area (TPSA) is 64.7 Å². The molecule has 0 bridgehead atoms. The van der Waals surface area contributed by atoms with Gasteiger partial charge in [-0.25, -0.2) is 0 Å². The fourth-order valence-electron chi connectivity index (χ4n) is 2.33. The fraction of sp³-hybridized carbons (Fsp3) is 0.188. The number of hydrogen-bond donors (Lipinski definition) is 1. The van der Waals surface area contributed by atoms with Crippen molar-refractivity contribution < 1.29 is 4.79 Å². The van der Waals surface area contributed by atoms with Crippen molar-refractivity contribution in [1.82, 2.24) is 19.6 Å². The van der Waals surface area contributed by atoms with E-state index in [0.717, 1.165) is 11.3 Å². The number of nitrogens with zero attached hydrogens (tertiary/aromatic N) is 4. The van der Waals surface area contributed by atoms with Crippen LogP contribution in [0.2, 0.25) is 10.0 Å². The lowest BCUT2D eigenvalue weighted by molar-refractivity contribution is 0.101. The Morgan fingerprint density at radius 2 is 1.92 bits per heavy atom. The summed E-state index contributed by atoms with van der Waals surface area (Å²) in [5.74, 6) is 0.00576. The zero-order chi connectivity index (χ0) is 17.3. The van der Waals surface area contributed by atoms with Gasteiger partial charge in [-0.15, -0.1) is 0 Å². The quantitative estimate of drug-likeness (QED) is 0.770. The number of rotatable bonds is 4. The molecule has 3 aromatic rings. The van der Waals surface area contributed by atoms with Gasteiger partial charge in [-0.3, -0.25) is 14.2 Å². The normalized spacial score (nSPS) is 10.8. The first kappa shape index (κ1) is 16.5. The summed E-state index contributed by atoms with van der Waals surface area (Å²) in [5, 5.41) is 12.2. The van der Waals surface area contributed by atoms with E-state index >= 15 is 0 Å². The van der Waals surface area contributed by atoms with Crippen LogP contribution < -0.4 is 5.32 Å². The van der Waals surface area contributed by atoms with E-state index in [1.807, 2.05) is 31.2 Å². The molecule has 2 heterocycles. The summed E-state index contributed by atoms with van der Waals surface area (Å²) < 4.78 is 3.18. The highest BCUT2D eigenvalue weighted by atomic mass is 35.5. The van der Waals surface area contributed by atoms with Gasteiger partial charge in [0, 0.05) is 18.3 Å². The molecular formula is C16H15Cl2N5O. The van der Waals surface area contributed by atoms with Crippen LogP contribution in [-0.4, -0.2) is 25.5 Å². The van der Waals surface area contributed by atoms with Crippen molar-refractivity contribution in [2.45, 2.75) is 13.5 Å². The van der Waals surface area contributed by atoms with E-state index in [-0.39, 0.29) is 5.91 Å². The summed E-state index contributed by atoms with van der Waals surface area (Å²) in [6.45, 7) is 2.35. The van der Waals surface area contributed by atoms with E-state index in [2.05, 4.69) is 15.5 Å². The van der Waals surface area contributed by atoms with Crippen LogP contribution in [0.5, 0.6) is 0 Å². The Hall–Kier alpha value is -2.31. The molecule has 0 atom stereocenters. The molecule has 0 aliphatic carbocycles. The number of carbonyl (C=O) groups excluding carboxylic acids is 1. The summed E-state index contributed by atoms with van der Waals surface area (Å²) in [4.78, 5) is 12.3. The van der Waals surface area contributed by atoms with Crippen molar-refractivity contribution >= 4 is 34.9 Å². The third kappa shape index (κ3) is 3.60. The molecular weight excluding hydrogens is 349 g/mol. The number of nitrogens with one attached hydrogen (secondary N) is 1. The third-order valence-electron chi connectivity index (χ3n) is 3.44. The van der Waals surface area contributed by atoms with Crippen LogP contribution in [0.25, 0.3) is 0 Å². The third-order valence-corrected chi connectivity index (χ3v) is 3.97. The second-order valence-corrected chi connectivity index (χ2v) is 6.24. The van der Waals surface area contributed by atoms with E-state index in [0.29, 0.717) is 28.1 Å². The zero-order valence-corrected chi connectivity index (χ0v) is 14.6. The first-order valence-electron chi connectivity index (χ1n) is 7.22. The number of amides is 1. The van der Waals surface area contributed by atoms with Gasteiger partial charge >= 0.3 is 0 Å². The first-order chi connectivity index (χ1) is 11.4. The van der Waals surface area contributed by atoms with Crippen molar-refractivity contribution in [2.24, 2.45) is 7.05 Å². The van der Waals surface area contributed by atoms with E-state index in [1.54, 1.807) is 24.0 Å². The lowest BCUT2D eigenvalue weighted by atomic mass is 10.2. The summed E-state index contributed by atoms with van der Waals surface area (Å²) in [6, 6.07) is 9.15. The Kier molecular flexibility index (Phi) is 4.59. The predicted octanol–water partition coefficient (Wildman–Crippen LogP) is 3.53. The van der Waals surface area contributed by atoms with E-state index in [1.165, 1.54) is 4.68 Å². The highest BCUT2D eigenvalue weighted by Crippen LogP contribution is 2.21. The zero-order valence-electron chi connectivity index (χ0n) is 13.1. The number of anilines is 1. The van der Waals surface area contributed by atoms with Crippen molar-refractivity contribution in [2.75, 3.05) is 5.32 Å². The van der Waals surface area contributed by atoms with E-state index in [9.17, 15) is 4.79 Å². The number of benzene rings is 1. The molecule has 0 spiro atoms. The summed E-state index contributed by atoms with van der Waals surface area (Å²) in [7, 11) is 1.71. The van der Waals surface area contributed by atoms with Crippen LogP contribution in [0, 0.1) is 6.92 Å². The SMILES string of the molecule is Cc1cc(C(=O)Nc2nn(Cc3ccc(Cl)cc3)cc2Cl)n(C)n1. The molecule has 2 aromatic heterocycles. The molecule has 1 aromatic carbocycles. The van der Waals surface area contributed by atoms with Crippen molar-refractivity contribution in [3.8, 4) is 0 Å². The van der Waals surface area contributed by atoms with Gasteiger partial charge in [0.25, 0.3) is 5.91 Å². The molecule has 3 rings (SSSR count). The largest absolute Gasteiger partial charge is 0.302 e. The van der Waals surface area contributed by atoms with Gasteiger partial charge in [-0.05, 0) is 30.7 Å². The number of aryl methyl sites for hydroxylation is 2. The average molecular weight is 364 g/mol. The molecule has 0 radical (unpaired) electrons. The highest BCUT2D eigenvalue weighted by Gasteiger charge is 2.16. The van der Waals surface area contributed by atoms with Crippen LogP contribution in [0.4, 0.5) is 5.82 Å². The van der Waals surface area contributed by atoms with Crippen LogP contribution in [0.1, 0.15) is 21.7 Å². The standard InChI is InChI=1S/C16H15Cl2N5O/c1-10-7-14(22(2)20-10)16(24)19-15-13(18)9-23(21-15)8-11-3-5-12(17)6-4-11/h3-7,9H,8H2,1-2H3,(H,19,21,24). The Morgan fingerprint density at radius 1 is 1.21 bits per heavy atom. The second kappa shape index (κ2) is 6.67. The fourth-order valence-corrected chi connectivity index (χ4v) is 2.66. The lowest BCUT2D eigenvalue weighted by Crippen LogP contribution is -2.16. The van der Waals surface area contributed by atoms with Crippen LogP contribution in [0.15, 0.2) is 36.5 Å². The smallest absolute Gasteiger partial charge is 0.275 e. The van der Waals surface area contributed by atoms with E-state index < -0.39 is 0 Å². The second-order valence-electron chi connectivity index (χ2n) is 5.40. The van der Waals surface area contributed by atoms with Gasteiger partial charge in [-0.1, -0.05) is 35.3 Å². The molecule has 24 heavy (non-hydrogen) atoms. The summed E-state index contributed by atoms with van der Waals surface area (Å²) >= 11 is 12.0. The molecule has 0 unspecified atom stereocenters. The van der Waals surface area contributed by atoms with Gasteiger partial charge in [0.05, 0.1) is 12.2 Å². The molecule has 0 fully saturated rings. The molecule has 6 nitrogen and oxygen atoms in total. The highest BCUT2D eigenvalue weighted by molar-refractivity contribution is 6.33. The lowest BCUT2D eigenvalue weighted by Gasteiger charge is -2.03. The van der Waals surface area contributed by atoms with Gasteiger partial charge in [0.1, 0.15) is 10.7 Å². The van der Waals surface area contributed by atoms with Crippen molar-refractivity contribution in [3.63, 3.8) is 0 Å². The first-order valence-corrected chi connectivity index (χ1v) is 7.97. The maximum atomic E-state index is 12.3. The molecule has 8 heteroatoms. The molecule has 0 aliphatic rings. The van der Waals surface area contributed by atoms with Crippen molar-refractivity contribution in [3.05, 3.63) is 63.5 Å². The number of carbonyl (C=O) groups is 1. The van der Waals surface area contributed by atoms with Gasteiger partial charge < -0.3 is 5.32 Å². The van der Waals surface area contributed by atoms with Gasteiger partial charge in [-0.2, -0.15) is 10.2 Å². The molecule has 0 aliphatic heterocycles. The van der Waals surface area contributed by atoms with Crippen molar-refractivity contribution in [1.29, 1.82) is 0 Å². The average Bonchev–Trinajstić information content (AvgIpc) is 3.04. The monoisotopic (exact) mass is 363 g/mol. The molecule has 0 saturated carbocycles. The molecule has 1 N–H and O–H groups in total. The molecule has 0 saturated heterocycles. The van der Waals surface area contributed by atoms with Gasteiger partial charge in [0.15, 0.2) is 5.82 Å². The van der Waals surface area contributed by atoms with Crippen LogP contribution >= 0.6 is 23.2 Å². The molecule has 1 amide bonds. The van der Waals surface area contributed by atoms with Crippen LogP contribution in [0.3, 0.4) is 0 Å². The van der Waals surface area contributed by atoms with E-state index in [4.69, 9.17) is 23.2 Å². The minimum atomic E-state index is -0.309.